The fraction of sp³-hybridized carbons (Fsp3) is 0.176. The Morgan fingerprint density at radius 2 is 2.21 bits per heavy atom. The van der Waals surface area contributed by atoms with Crippen molar-refractivity contribution in [3.05, 3.63) is 47.8 Å². The van der Waals surface area contributed by atoms with Gasteiger partial charge in [0.1, 0.15) is 5.52 Å². The number of nitrogens with one attached hydrogen (secondary N) is 2. The Morgan fingerprint density at radius 3 is 3.00 bits per heavy atom. The van der Waals surface area contributed by atoms with Gasteiger partial charge in [0.15, 0.2) is 5.65 Å². The average Bonchev–Trinajstić information content (AvgIpc) is 3.17. The lowest BCUT2D eigenvalue weighted by Gasteiger charge is -1.98. The quantitative estimate of drug-likeness (QED) is 0.447. The third-order valence-corrected chi connectivity index (χ3v) is 4.03. The zero-order valence-corrected chi connectivity index (χ0v) is 13.5. The van der Waals surface area contributed by atoms with Gasteiger partial charge in [-0.1, -0.05) is 13.0 Å². The molecule has 0 spiro atoms. The number of nitrogens with zero attached hydrogens (tertiary/aromatic N) is 5. The number of hydrogen-bond acceptors (Lipinski definition) is 5. The molecule has 120 valence electrons. The Morgan fingerprint density at radius 1 is 1.29 bits per heavy atom. The molecule has 1 aromatic carbocycles. The summed E-state index contributed by atoms with van der Waals surface area (Å²) < 4.78 is 1.97. The third-order valence-electron chi connectivity index (χ3n) is 4.03. The second-order valence-electron chi connectivity index (χ2n) is 5.61. The van der Waals surface area contributed by atoms with Crippen molar-refractivity contribution in [1.29, 1.82) is 0 Å². The van der Waals surface area contributed by atoms with Crippen LogP contribution in [0.1, 0.15) is 18.2 Å². The van der Waals surface area contributed by atoms with Crippen LogP contribution in [0.3, 0.4) is 0 Å². The number of fused-ring (bicyclic) bond motifs is 3. The minimum absolute atomic E-state index is 0.357. The Bertz CT molecular complexity index is 1040. The molecule has 3 heterocycles. The minimum atomic E-state index is 0.357. The van der Waals surface area contributed by atoms with Crippen LogP contribution in [0.4, 0.5) is 5.95 Å². The fourth-order valence-corrected chi connectivity index (χ4v) is 2.65. The molecule has 0 aliphatic rings. The molecule has 0 aliphatic carbocycles. The first-order valence-corrected chi connectivity index (χ1v) is 7.80. The van der Waals surface area contributed by atoms with E-state index in [1.54, 1.807) is 6.21 Å². The van der Waals surface area contributed by atoms with Crippen molar-refractivity contribution in [3.8, 4) is 0 Å². The van der Waals surface area contributed by atoms with Crippen LogP contribution < -0.4 is 5.43 Å². The molecule has 4 aromatic rings. The molecule has 0 unspecified atom stereocenters. The maximum atomic E-state index is 4.45. The molecule has 0 saturated carbocycles. The Hall–Kier alpha value is -3.22. The van der Waals surface area contributed by atoms with Crippen molar-refractivity contribution in [2.45, 2.75) is 13.3 Å². The molecule has 24 heavy (non-hydrogen) atoms. The van der Waals surface area contributed by atoms with E-state index in [9.17, 15) is 0 Å². The maximum Gasteiger partial charge on any atom is 0.265 e. The van der Waals surface area contributed by atoms with Crippen molar-refractivity contribution in [3.63, 3.8) is 0 Å². The standard InChI is InChI=1S/C17H17N7/c1-3-11-6-7-14-13(9-11)15-16(19-14)20-17(23-21-15)22-18-10-12-5-4-8-24(12)2/h4-10H,3H2,1-2H3,(H2,19,20,22,23)/b18-10+. The predicted octanol–water partition coefficient (Wildman–Crippen LogP) is 2.85. The average molecular weight is 319 g/mol. The second kappa shape index (κ2) is 5.77. The number of rotatable bonds is 4. The molecule has 2 N–H and O–H groups in total. The van der Waals surface area contributed by atoms with Crippen molar-refractivity contribution in [2.24, 2.45) is 12.1 Å². The summed E-state index contributed by atoms with van der Waals surface area (Å²) in [6.45, 7) is 2.13. The van der Waals surface area contributed by atoms with Crippen LogP contribution in [0.2, 0.25) is 0 Å². The predicted molar refractivity (Wildman–Crippen MR) is 95.2 cm³/mol. The van der Waals surface area contributed by atoms with Gasteiger partial charge in [0.05, 0.1) is 11.9 Å². The fourth-order valence-electron chi connectivity index (χ4n) is 2.65. The highest BCUT2D eigenvalue weighted by Gasteiger charge is 2.09. The lowest BCUT2D eigenvalue weighted by Crippen LogP contribution is -2.00. The molecule has 0 aliphatic heterocycles. The highest BCUT2D eigenvalue weighted by Crippen LogP contribution is 2.23. The first kappa shape index (κ1) is 14.4. The van der Waals surface area contributed by atoms with E-state index >= 15 is 0 Å². The Kier molecular flexibility index (Phi) is 3.45. The minimum Gasteiger partial charge on any atom is -0.350 e. The van der Waals surface area contributed by atoms with Gasteiger partial charge in [0, 0.05) is 24.1 Å². The first-order chi connectivity index (χ1) is 11.7. The largest absolute Gasteiger partial charge is 0.350 e. The number of anilines is 1. The molecule has 7 nitrogen and oxygen atoms in total. The second-order valence-corrected chi connectivity index (χ2v) is 5.61. The highest BCUT2D eigenvalue weighted by atomic mass is 15.4. The van der Waals surface area contributed by atoms with Crippen LogP contribution in [0.25, 0.3) is 22.1 Å². The number of aromatic nitrogens is 5. The topological polar surface area (TPSA) is 83.8 Å². The summed E-state index contributed by atoms with van der Waals surface area (Å²) in [6, 6.07) is 10.2. The van der Waals surface area contributed by atoms with E-state index < -0.39 is 0 Å². The summed E-state index contributed by atoms with van der Waals surface area (Å²) in [4.78, 5) is 7.72. The molecule has 0 amide bonds. The summed E-state index contributed by atoms with van der Waals surface area (Å²) in [5.74, 6) is 0.357. The zero-order chi connectivity index (χ0) is 16.5. The van der Waals surface area contributed by atoms with E-state index in [-0.39, 0.29) is 0 Å². The van der Waals surface area contributed by atoms with E-state index in [2.05, 4.69) is 55.8 Å². The molecule has 0 fully saturated rings. The summed E-state index contributed by atoms with van der Waals surface area (Å²) in [5.41, 5.74) is 7.55. The summed E-state index contributed by atoms with van der Waals surface area (Å²) in [5, 5.41) is 13.6. The van der Waals surface area contributed by atoms with E-state index in [0.29, 0.717) is 11.6 Å². The van der Waals surface area contributed by atoms with Gasteiger partial charge in [-0.05, 0) is 36.2 Å². The normalized spacial score (nSPS) is 11.8. The molecule has 7 heteroatoms. The molecule has 0 radical (unpaired) electrons. The van der Waals surface area contributed by atoms with Gasteiger partial charge in [-0.2, -0.15) is 10.1 Å². The number of hydrazone groups is 1. The van der Waals surface area contributed by atoms with Gasteiger partial charge in [-0.25, -0.2) is 5.43 Å². The number of aromatic amines is 1. The van der Waals surface area contributed by atoms with Gasteiger partial charge in [0.25, 0.3) is 5.95 Å². The van der Waals surface area contributed by atoms with Crippen LogP contribution in [-0.2, 0) is 13.5 Å². The third kappa shape index (κ3) is 2.50. The molecule has 4 rings (SSSR count). The van der Waals surface area contributed by atoms with Gasteiger partial charge in [-0.3, -0.25) is 0 Å². The van der Waals surface area contributed by atoms with Crippen molar-refractivity contribution < 1.29 is 0 Å². The van der Waals surface area contributed by atoms with Gasteiger partial charge >= 0.3 is 0 Å². The van der Waals surface area contributed by atoms with E-state index in [1.807, 2.05) is 29.9 Å². The highest BCUT2D eigenvalue weighted by molar-refractivity contribution is 6.03. The van der Waals surface area contributed by atoms with E-state index in [1.165, 1.54) is 5.56 Å². The van der Waals surface area contributed by atoms with Crippen LogP contribution in [0, 0.1) is 0 Å². The van der Waals surface area contributed by atoms with Crippen LogP contribution in [0.15, 0.2) is 41.6 Å². The van der Waals surface area contributed by atoms with Crippen LogP contribution in [0.5, 0.6) is 0 Å². The lowest BCUT2D eigenvalue weighted by atomic mass is 10.1. The van der Waals surface area contributed by atoms with Gasteiger partial charge in [-0.15, -0.1) is 10.2 Å². The Balaban J connectivity index is 1.64. The van der Waals surface area contributed by atoms with E-state index in [0.717, 1.165) is 28.5 Å². The Labute approximate surface area is 138 Å². The summed E-state index contributed by atoms with van der Waals surface area (Å²) in [6.07, 6.45) is 4.66. The monoisotopic (exact) mass is 319 g/mol. The van der Waals surface area contributed by atoms with Crippen LogP contribution in [-0.4, -0.2) is 30.9 Å². The maximum absolute atomic E-state index is 4.45. The zero-order valence-electron chi connectivity index (χ0n) is 13.5. The number of benzene rings is 1. The van der Waals surface area contributed by atoms with Gasteiger partial charge < -0.3 is 9.55 Å². The molecule has 3 aromatic heterocycles. The summed E-state index contributed by atoms with van der Waals surface area (Å²) >= 11 is 0. The van der Waals surface area contributed by atoms with E-state index in [4.69, 9.17) is 0 Å². The number of H-pyrrole nitrogens is 1. The number of aryl methyl sites for hydroxylation is 2. The SMILES string of the molecule is CCc1ccc2[nH]c3nc(N/N=C/c4cccn4C)nnc3c2c1. The van der Waals surface area contributed by atoms with Crippen molar-refractivity contribution in [2.75, 3.05) is 5.43 Å². The van der Waals surface area contributed by atoms with Crippen LogP contribution >= 0.6 is 0 Å². The lowest BCUT2D eigenvalue weighted by molar-refractivity contribution is 0.917. The molecule has 0 bridgehead atoms. The first-order valence-electron chi connectivity index (χ1n) is 7.80. The molecule has 0 atom stereocenters. The molecular formula is C17H17N7. The molecular weight excluding hydrogens is 302 g/mol. The van der Waals surface area contributed by atoms with Crippen molar-refractivity contribution in [1.82, 2.24) is 24.7 Å². The van der Waals surface area contributed by atoms with Crippen molar-refractivity contribution >= 4 is 34.2 Å². The number of hydrogen-bond donors (Lipinski definition) is 2. The van der Waals surface area contributed by atoms with Gasteiger partial charge in [0.2, 0.25) is 0 Å². The summed E-state index contributed by atoms with van der Waals surface area (Å²) in [7, 11) is 1.96. The molecule has 0 saturated heterocycles. The smallest absolute Gasteiger partial charge is 0.265 e.